The molecule has 0 spiro atoms. The molecule has 0 heterocycles. The first kappa shape index (κ1) is 9.95. The van der Waals surface area contributed by atoms with E-state index in [1.807, 2.05) is 12.2 Å². The maximum atomic E-state index is 10.5. The fourth-order valence-electron chi connectivity index (χ4n) is 0.504. The molecule has 0 fully saturated rings. The summed E-state index contributed by atoms with van der Waals surface area (Å²) >= 11 is 0. The highest BCUT2D eigenvalue weighted by Crippen LogP contribution is 1.96. The van der Waals surface area contributed by atoms with Crippen LogP contribution >= 0.6 is 0 Å². The average molecular weight is 153 g/mol. The van der Waals surface area contributed by atoms with Crippen LogP contribution in [-0.4, -0.2) is 5.91 Å². The van der Waals surface area contributed by atoms with Gasteiger partial charge in [0.15, 0.2) is 0 Å². The van der Waals surface area contributed by atoms with E-state index in [-0.39, 0.29) is 5.91 Å². The van der Waals surface area contributed by atoms with Gasteiger partial charge in [0, 0.05) is 5.57 Å². The molecule has 2 heteroatoms. The van der Waals surface area contributed by atoms with Crippen LogP contribution in [0.5, 0.6) is 0 Å². The lowest BCUT2D eigenvalue weighted by Crippen LogP contribution is -2.11. The maximum absolute atomic E-state index is 10.5. The minimum atomic E-state index is -0.363. The molecular weight excluding hydrogens is 138 g/mol. The smallest absolute Gasteiger partial charge is 0.244 e. The van der Waals surface area contributed by atoms with Gasteiger partial charge in [-0.15, -0.1) is 0 Å². The van der Waals surface area contributed by atoms with Crippen molar-refractivity contribution in [2.24, 2.45) is 11.7 Å². The van der Waals surface area contributed by atoms with Gasteiger partial charge in [-0.05, 0) is 12.8 Å². The summed E-state index contributed by atoms with van der Waals surface area (Å²) in [6, 6.07) is 0. The van der Waals surface area contributed by atoms with Crippen LogP contribution in [0.25, 0.3) is 0 Å². The Balaban J connectivity index is 4.02. The van der Waals surface area contributed by atoms with Gasteiger partial charge in [-0.25, -0.2) is 0 Å². The van der Waals surface area contributed by atoms with Crippen molar-refractivity contribution in [2.45, 2.75) is 20.8 Å². The first-order chi connectivity index (χ1) is 5.04. The van der Waals surface area contributed by atoms with Crippen LogP contribution < -0.4 is 5.73 Å². The van der Waals surface area contributed by atoms with Gasteiger partial charge in [-0.1, -0.05) is 32.1 Å². The molecule has 0 aliphatic heterocycles. The fourth-order valence-corrected chi connectivity index (χ4v) is 0.504. The lowest BCUT2D eigenvalue weighted by atomic mass is 10.2. The largest absolute Gasteiger partial charge is 0.366 e. The third kappa shape index (κ3) is 5.40. The van der Waals surface area contributed by atoms with Gasteiger partial charge in [-0.2, -0.15) is 0 Å². The monoisotopic (exact) mass is 153 g/mol. The highest BCUT2D eigenvalue weighted by molar-refractivity contribution is 5.91. The van der Waals surface area contributed by atoms with Gasteiger partial charge in [0.05, 0.1) is 0 Å². The summed E-state index contributed by atoms with van der Waals surface area (Å²) in [5.74, 6) is 0.144. The molecule has 0 aromatic heterocycles. The molecule has 0 saturated carbocycles. The molecule has 0 atom stereocenters. The van der Waals surface area contributed by atoms with Crippen LogP contribution in [0, 0.1) is 5.92 Å². The van der Waals surface area contributed by atoms with Gasteiger partial charge >= 0.3 is 0 Å². The molecule has 2 N–H and O–H groups in total. The summed E-state index contributed by atoms with van der Waals surface area (Å²) in [6.07, 6.45) is 5.58. The van der Waals surface area contributed by atoms with Crippen LogP contribution in [0.1, 0.15) is 20.8 Å². The molecule has 0 radical (unpaired) electrons. The number of primary amides is 1. The zero-order valence-electron chi connectivity index (χ0n) is 7.29. The van der Waals surface area contributed by atoms with E-state index in [4.69, 9.17) is 5.73 Å². The van der Waals surface area contributed by atoms with Crippen LogP contribution in [-0.2, 0) is 4.79 Å². The molecule has 2 nitrogen and oxygen atoms in total. The summed E-state index contributed by atoms with van der Waals surface area (Å²) in [5.41, 5.74) is 5.60. The molecule has 0 bridgehead atoms. The minimum absolute atomic E-state index is 0.363. The Hall–Kier alpha value is -1.05. The predicted molar refractivity (Wildman–Crippen MR) is 46.9 cm³/mol. The first-order valence-electron chi connectivity index (χ1n) is 3.69. The van der Waals surface area contributed by atoms with E-state index >= 15 is 0 Å². The molecule has 62 valence electrons. The Morgan fingerprint density at radius 1 is 1.45 bits per heavy atom. The fraction of sp³-hybridized carbons (Fsp3) is 0.444. The van der Waals surface area contributed by atoms with E-state index in [1.165, 1.54) is 0 Å². The zero-order valence-corrected chi connectivity index (χ0v) is 7.29. The van der Waals surface area contributed by atoms with E-state index in [1.54, 1.807) is 13.0 Å². The van der Waals surface area contributed by atoms with E-state index in [0.29, 0.717) is 11.5 Å². The molecule has 0 aromatic carbocycles. The Morgan fingerprint density at radius 2 is 2.00 bits per heavy atom. The van der Waals surface area contributed by atoms with Crippen molar-refractivity contribution in [1.82, 2.24) is 0 Å². The van der Waals surface area contributed by atoms with Crippen molar-refractivity contribution in [2.75, 3.05) is 0 Å². The highest BCUT2D eigenvalue weighted by Gasteiger charge is 1.92. The first-order valence-corrected chi connectivity index (χ1v) is 3.69. The van der Waals surface area contributed by atoms with Crippen molar-refractivity contribution >= 4 is 5.91 Å². The van der Waals surface area contributed by atoms with Gasteiger partial charge in [-0.3, -0.25) is 4.79 Å². The third-order valence-corrected chi connectivity index (χ3v) is 1.23. The van der Waals surface area contributed by atoms with Gasteiger partial charge < -0.3 is 5.73 Å². The zero-order chi connectivity index (χ0) is 8.85. The maximum Gasteiger partial charge on any atom is 0.244 e. The van der Waals surface area contributed by atoms with Crippen LogP contribution in [0.3, 0.4) is 0 Å². The molecule has 0 saturated heterocycles. The SMILES string of the molecule is C/C(=C\C=C/C(C)C)C(N)=O. The minimum Gasteiger partial charge on any atom is -0.366 e. The second kappa shape index (κ2) is 4.72. The van der Waals surface area contributed by atoms with Crippen molar-refractivity contribution in [3.63, 3.8) is 0 Å². The van der Waals surface area contributed by atoms with Crippen LogP contribution in [0.15, 0.2) is 23.8 Å². The highest BCUT2D eigenvalue weighted by atomic mass is 16.1. The van der Waals surface area contributed by atoms with Crippen LogP contribution in [0.4, 0.5) is 0 Å². The van der Waals surface area contributed by atoms with Gasteiger partial charge in [0.1, 0.15) is 0 Å². The Bertz CT molecular complexity index is 190. The number of nitrogens with two attached hydrogens (primary N) is 1. The number of carbonyl (C=O) groups excluding carboxylic acids is 1. The number of allylic oxidation sites excluding steroid dienone is 3. The average Bonchev–Trinajstić information content (AvgIpc) is 1.86. The van der Waals surface area contributed by atoms with Crippen molar-refractivity contribution in [3.05, 3.63) is 23.8 Å². The molecule has 0 rings (SSSR count). The summed E-state index contributed by atoms with van der Waals surface area (Å²) in [4.78, 5) is 10.5. The van der Waals surface area contributed by atoms with Crippen molar-refractivity contribution < 1.29 is 4.79 Å². The number of hydrogen-bond acceptors (Lipinski definition) is 1. The van der Waals surface area contributed by atoms with E-state index in [2.05, 4.69) is 13.8 Å². The second-order valence-electron chi connectivity index (χ2n) is 2.84. The number of carbonyl (C=O) groups is 1. The van der Waals surface area contributed by atoms with E-state index < -0.39 is 0 Å². The Kier molecular flexibility index (Phi) is 4.27. The van der Waals surface area contributed by atoms with Crippen molar-refractivity contribution in [1.29, 1.82) is 0 Å². The van der Waals surface area contributed by atoms with Crippen molar-refractivity contribution in [3.8, 4) is 0 Å². The molecule has 11 heavy (non-hydrogen) atoms. The Morgan fingerprint density at radius 3 is 2.36 bits per heavy atom. The summed E-state index contributed by atoms with van der Waals surface area (Å²) in [6.45, 7) is 5.85. The Labute approximate surface area is 67.8 Å². The number of rotatable bonds is 3. The molecule has 0 unspecified atom stereocenters. The van der Waals surface area contributed by atoms with E-state index in [9.17, 15) is 4.79 Å². The quantitative estimate of drug-likeness (QED) is 0.486. The molecule has 0 aromatic rings. The molecule has 0 aliphatic rings. The second-order valence-corrected chi connectivity index (χ2v) is 2.84. The molecule has 1 amide bonds. The van der Waals surface area contributed by atoms with Gasteiger partial charge in [0.2, 0.25) is 5.91 Å². The predicted octanol–water partition coefficient (Wildman–Crippen LogP) is 1.63. The summed E-state index contributed by atoms with van der Waals surface area (Å²) in [5, 5.41) is 0. The van der Waals surface area contributed by atoms with Gasteiger partial charge in [0.25, 0.3) is 0 Å². The summed E-state index contributed by atoms with van der Waals surface area (Å²) < 4.78 is 0. The standard InChI is InChI=1S/C9H15NO/c1-7(2)5-4-6-8(3)9(10)11/h4-7H,1-3H3,(H2,10,11)/b5-4-,8-6+. The normalized spacial score (nSPS) is 12.9. The third-order valence-electron chi connectivity index (χ3n) is 1.23. The topological polar surface area (TPSA) is 43.1 Å². The number of amides is 1. The lowest BCUT2D eigenvalue weighted by molar-refractivity contribution is -0.114. The lowest BCUT2D eigenvalue weighted by Gasteiger charge is -1.91. The van der Waals surface area contributed by atoms with Crippen LogP contribution in [0.2, 0.25) is 0 Å². The van der Waals surface area contributed by atoms with E-state index in [0.717, 1.165) is 0 Å². The molecular formula is C9H15NO. The summed E-state index contributed by atoms with van der Waals surface area (Å²) in [7, 11) is 0. The molecule has 0 aliphatic carbocycles. The number of hydrogen-bond donors (Lipinski definition) is 1.